The lowest BCUT2D eigenvalue weighted by atomic mass is 10.1. The van der Waals surface area contributed by atoms with Crippen LogP contribution in [-0.4, -0.2) is 10.9 Å². The quantitative estimate of drug-likeness (QED) is 0.867. The van der Waals surface area contributed by atoms with Crippen LogP contribution in [0.15, 0.2) is 41.1 Å². The Morgan fingerprint density at radius 2 is 2.05 bits per heavy atom. The molecule has 0 aliphatic heterocycles. The van der Waals surface area contributed by atoms with Crippen LogP contribution in [0.2, 0.25) is 0 Å². The van der Waals surface area contributed by atoms with Gasteiger partial charge >= 0.3 is 0 Å². The van der Waals surface area contributed by atoms with E-state index in [1.54, 1.807) is 25.3 Å². The monoisotopic (exact) mass is 340 g/mol. The maximum Gasteiger partial charge on any atom is 0.254 e. The van der Waals surface area contributed by atoms with Crippen LogP contribution >= 0.6 is 15.9 Å². The molecule has 1 heterocycles. The van der Waals surface area contributed by atoms with E-state index in [-0.39, 0.29) is 5.91 Å². The van der Waals surface area contributed by atoms with Crippen LogP contribution < -0.4 is 5.32 Å². The first-order valence-corrected chi connectivity index (χ1v) is 6.64. The van der Waals surface area contributed by atoms with E-state index < -0.39 is 17.7 Å². The molecule has 6 heteroatoms. The van der Waals surface area contributed by atoms with Crippen LogP contribution in [0.4, 0.5) is 8.78 Å². The molecular formula is C14H11BrF2N2O. The molecule has 1 amide bonds. The summed E-state index contributed by atoms with van der Waals surface area (Å²) in [6.45, 7) is 1.69. The number of carbonyl (C=O) groups excluding carboxylic acids is 1. The third kappa shape index (κ3) is 3.19. The molecule has 1 N–H and O–H groups in total. The lowest BCUT2D eigenvalue weighted by molar-refractivity contribution is 0.0938. The highest BCUT2D eigenvalue weighted by molar-refractivity contribution is 9.10. The van der Waals surface area contributed by atoms with Crippen molar-refractivity contribution in [1.82, 2.24) is 10.3 Å². The van der Waals surface area contributed by atoms with Crippen molar-refractivity contribution < 1.29 is 13.6 Å². The summed E-state index contributed by atoms with van der Waals surface area (Å²) < 4.78 is 26.5. The molecule has 2 aromatic rings. The molecule has 0 spiro atoms. The van der Waals surface area contributed by atoms with Crippen molar-refractivity contribution in [3.63, 3.8) is 0 Å². The summed E-state index contributed by atoms with van der Waals surface area (Å²) in [5, 5.41) is 2.70. The van der Waals surface area contributed by atoms with Crippen molar-refractivity contribution in [3.05, 3.63) is 63.9 Å². The van der Waals surface area contributed by atoms with Crippen molar-refractivity contribution in [2.75, 3.05) is 0 Å². The van der Waals surface area contributed by atoms with Gasteiger partial charge in [-0.3, -0.25) is 4.79 Å². The molecule has 0 bridgehead atoms. The molecule has 1 aromatic heterocycles. The maximum absolute atomic E-state index is 13.2. The minimum Gasteiger partial charge on any atom is -0.345 e. The smallest absolute Gasteiger partial charge is 0.254 e. The maximum atomic E-state index is 13.2. The molecule has 0 saturated carbocycles. The highest BCUT2D eigenvalue weighted by atomic mass is 79.9. The van der Waals surface area contributed by atoms with Crippen LogP contribution in [0, 0.1) is 11.6 Å². The predicted octanol–water partition coefficient (Wildman–Crippen LogP) is 3.61. The zero-order valence-corrected chi connectivity index (χ0v) is 12.1. The molecule has 2 rings (SSSR count). The summed E-state index contributed by atoms with van der Waals surface area (Å²) in [7, 11) is 0. The number of aromatic nitrogens is 1. The number of nitrogens with one attached hydrogen (secondary N) is 1. The minimum absolute atomic E-state index is 0.345. The van der Waals surface area contributed by atoms with Gasteiger partial charge in [-0.05, 0) is 52.7 Å². The topological polar surface area (TPSA) is 42.0 Å². The summed E-state index contributed by atoms with van der Waals surface area (Å²) in [6, 6.07) is 6.34. The Kier molecular flexibility index (Phi) is 4.44. The van der Waals surface area contributed by atoms with E-state index in [1.165, 1.54) is 6.07 Å². The lowest BCUT2D eigenvalue weighted by Gasteiger charge is -2.15. The molecule has 0 saturated heterocycles. The molecule has 0 aliphatic rings. The Morgan fingerprint density at radius 1 is 1.30 bits per heavy atom. The third-order valence-electron chi connectivity index (χ3n) is 2.79. The largest absolute Gasteiger partial charge is 0.345 e. The van der Waals surface area contributed by atoms with E-state index >= 15 is 0 Å². The zero-order valence-electron chi connectivity index (χ0n) is 10.5. The Balaban J connectivity index is 2.15. The van der Waals surface area contributed by atoms with E-state index in [1.807, 2.05) is 0 Å². The first kappa shape index (κ1) is 14.6. The van der Waals surface area contributed by atoms with Crippen LogP contribution in [0.1, 0.15) is 28.9 Å². The number of hydrogen-bond acceptors (Lipinski definition) is 2. The molecule has 20 heavy (non-hydrogen) atoms. The predicted molar refractivity (Wildman–Crippen MR) is 74.2 cm³/mol. The third-order valence-corrected chi connectivity index (χ3v) is 3.43. The molecule has 1 atom stereocenters. The molecule has 0 fully saturated rings. The van der Waals surface area contributed by atoms with Crippen molar-refractivity contribution >= 4 is 21.8 Å². The number of amides is 1. The average molecular weight is 341 g/mol. The van der Waals surface area contributed by atoms with Crippen LogP contribution in [0.5, 0.6) is 0 Å². The van der Waals surface area contributed by atoms with E-state index in [9.17, 15) is 13.6 Å². The SMILES string of the molecule is CC(NC(=O)c1cccnc1Br)c1ccc(F)c(F)c1. The Bertz CT molecular complexity index is 649. The highest BCUT2D eigenvalue weighted by Gasteiger charge is 2.15. The van der Waals surface area contributed by atoms with E-state index in [0.717, 1.165) is 12.1 Å². The standard InChI is InChI=1S/C14H11BrF2N2O/c1-8(9-4-5-11(16)12(17)7-9)19-14(20)10-3-2-6-18-13(10)15/h2-8H,1H3,(H,19,20). The molecule has 0 aliphatic carbocycles. The number of pyridine rings is 1. The van der Waals surface area contributed by atoms with Gasteiger partial charge in [-0.25, -0.2) is 13.8 Å². The van der Waals surface area contributed by atoms with Gasteiger partial charge < -0.3 is 5.32 Å². The fourth-order valence-electron chi connectivity index (χ4n) is 1.69. The summed E-state index contributed by atoms with van der Waals surface area (Å²) in [5.41, 5.74) is 0.860. The van der Waals surface area contributed by atoms with Crippen LogP contribution in [0.25, 0.3) is 0 Å². The molecule has 0 radical (unpaired) electrons. The minimum atomic E-state index is -0.939. The van der Waals surface area contributed by atoms with Gasteiger partial charge in [0.15, 0.2) is 11.6 Å². The van der Waals surface area contributed by atoms with Crippen molar-refractivity contribution in [2.24, 2.45) is 0 Å². The Labute approximate surface area is 123 Å². The van der Waals surface area contributed by atoms with Gasteiger partial charge in [0.25, 0.3) is 5.91 Å². The summed E-state index contributed by atoms with van der Waals surface area (Å²) in [4.78, 5) is 16.0. The van der Waals surface area contributed by atoms with Gasteiger partial charge in [0.2, 0.25) is 0 Å². The molecule has 1 unspecified atom stereocenters. The van der Waals surface area contributed by atoms with Gasteiger partial charge in [-0.15, -0.1) is 0 Å². The first-order chi connectivity index (χ1) is 9.49. The summed E-state index contributed by atoms with van der Waals surface area (Å²) in [5.74, 6) is -2.20. The van der Waals surface area contributed by atoms with Gasteiger partial charge in [-0.2, -0.15) is 0 Å². The van der Waals surface area contributed by atoms with E-state index in [0.29, 0.717) is 15.7 Å². The average Bonchev–Trinajstić information content (AvgIpc) is 2.42. The second-order valence-corrected chi connectivity index (χ2v) is 4.96. The summed E-state index contributed by atoms with van der Waals surface area (Å²) >= 11 is 3.18. The van der Waals surface area contributed by atoms with E-state index in [4.69, 9.17) is 0 Å². The van der Waals surface area contributed by atoms with Crippen LogP contribution in [0.3, 0.4) is 0 Å². The second-order valence-electron chi connectivity index (χ2n) is 4.21. The highest BCUT2D eigenvalue weighted by Crippen LogP contribution is 2.18. The van der Waals surface area contributed by atoms with Crippen molar-refractivity contribution in [3.8, 4) is 0 Å². The molecule has 104 valence electrons. The van der Waals surface area contributed by atoms with Gasteiger partial charge in [-0.1, -0.05) is 6.07 Å². The van der Waals surface area contributed by atoms with Gasteiger partial charge in [0, 0.05) is 6.20 Å². The molecule has 3 nitrogen and oxygen atoms in total. The number of halogens is 3. The van der Waals surface area contributed by atoms with Crippen molar-refractivity contribution in [1.29, 1.82) is 0 Å². The van der Waals surface area contributed by atoms with Gasteiger partial charge in [0.05, 0.1) is 11.6 Å². The van der Waals surface area contributed by atoms with E-state index in [2.05, 4.69) is 26.2 Å². The van der Waals surface area contributed by atoms with Crippen molar-refractivity contribution in [2.45, 2.75) is 13.0 Å². The first-order valence-electron chi connectivity index (χ1n) is 5.85. The van der Waals surface area contributed by atoms with Gasteiger partial charge in [0.1, 0.15) is 4.60 Å². The second kappa shape index (κ2) is 6.09. The van der Waals surface area contributed by atoms with Crippen LogP contribution in [-0.2, 0) is 0 Å². The number of carbonyl (C=O) groups is 1. The lowest BCUT2D eigenvalue weighted by Crippen LogP contribution is -2.27. The normalized spacial score (nSPS) is 12.0. The fraction of sp³-hybridized carbons (Fsp3) is 0.143. The Hall–Kier alpha value is -1.82. The zero-order chi connectivity index (χ0) is 14.7. The Morgan fingerprint density at radius 3 is 2.70 bits per heavy atom. The molecular weight excluding hydrogens is 330 g/mol. The molecule has 1 aromatic carbocycles. The number of rotatable bonds is 3. The fourth-order valence-corrected chi connectivity index (χ4v) is 2.13. The number of hydrogen-bond donors (Lipinski definition) is 1. The number of nitrogens with zero attached hydrogens (tertiary/aromatic N) is 1. The number of benzene rings is 1. The summed E-state index contributed by atoms with van der Waals surface area (Å²) in [6.07, 6.45) is 1.56.